The van der Waals surface area contributed by atoms with Gasteiger partial charge >= 0.3 is 5.97 Å². The van der Waals surface area contributed by atoms with Crippen molar-refractivity contribution in [2.24, 2.45) is 0 Å². The Bertz CT molecular complexity index is 1320. The Hall–Kier alpha value is -3.70. The van der Waals surface area contributed by atoms with Gasteiger partial charge in [0.2, 0.25) is 28.0 Å². The Kier molecular flexibility index (Phi) is 17.2. The molecule has 1 aromatic carbocycles. The van der Waals surface area contributed by atoms with E-state index in [9.17, 15) is 33.6 Å². The number of nitrogens with zero attached hydrogens (tertiary/aromatic N) is 1. The number of amides is 3. The minimum Gasteiger partial charge on any atom is -0.424 e. The number of amidine groups is 1. The summed E-state index contributed by atoms with van der Waals surface area (Å²) in [5, 5.41) is 22.2. The normalized spacial score (nSPS) is 12.5. The summed E-state index contributed by atoms with van der Waals surface area (Å²) in [4.78, 5) is 88.0. The number of carbonyl (C=O) groups excluding carboxylic acids is 7. The number of esters is 1. The predicted molar refractivity (Wildman–Crippen MR) is 176 cm³/mol. The lowest BCUT2D eigenvalue weighted by molar-refractivity contribution is -0.138. The van der Waals surface area contributed by atoms with Gasteiger partial charge < -0.3 is 31.0 Å². The van der Waals surface area contributed by atoms with Crippen molar-refractivity contribution in [3.8, 4) is 5.75 Å². The smallest absolute Gasteiger partial charge is 0.334 e. The summed E-state index contributed by atoms with van der Waals surface area (Å²) in [6.45, 7) is 3.63. The summed E-state index contributed by atoms with van der Waals surface area (Å²) in [5.41, 5.74) is -0.0457. The maximum absolute atomic E-state index is 13.2. The first-order valence-electron chi connectivity index (χ1n) is 13.5. The zero-order chi connectivity index (χ0) is 34.3. The third-order valence-electron chi connectivity index (χ3n) is 5.67. The van der Waals surface area contributed by atoms with E-state index in [-0.39, 0.29) is 53.0 Å². The molecule has 45 heavy (non-hydrogen) atoms. The lowest BCUT2D eigenvalue weighted by atomic mass is 10.1. The molecule has 3 unspecified atom stereocenters. The number of Topliss-reactive ketones (excluding diaryl/α,β-unsaturated/α-hetero) is 1. The highest BCUT2D eigenvalue weighted by molar-refractivity contribution is 8.14. The van der Waals surface area contributed by atoms with E-state index in [0.717, 1.165) is 0 Å². The van der Waals surface area contributed by atoms with Crippen LogP contribution in [0.5, 0.6) is 5.75 Å². The summed E-state index contributed by atoms with van der Waals surface area (Å²) in [6, 6.07) is 2.51. The zero-order valence-corrected chi connectivity index (χ0v) is 28.1. The topological polar surface area (TPSA) is 216 Å². The van der Waals surface area contributed by atoms with E-state index in [0.29, 0.717) is 23.5 Å². The molecule has 0 saturated heterocycles. The molecule has 0 radical (unpaired) electrons. The second-order valence-electron chi connectivity index (χ2n) is 9.85. The Balaban J connectivity index is 3.01. The summed E-state index contributed by atoms with van der Waals surface area (Å²) in [5.74, 6) is -3.36. The van der Waals surface area contributed by atoms with Gasteiger partial charge in [0.05, 0.1) is 11.6 Å². The van der Waals surface area contributed by atoms with E-state index in [1.807, 2.05) is 0 Å². The highest BCUT2D eigenvalue weighted by atomic mass is 32.2. The molecular weight excluding hydrogens is 645 g/mol. The summed E-state index contributed by atoms with van der Waals surface area (Å²) < 4.78 is 5.45. The molecule has 246 valence electrons. The maximum atomic E-state index is 13.2. The number of para-hydroxylation sites is 1. The van der Waals surface area contributed by atoms with Crippen molar-refractivity contribution in [2.45, 2.75) is 51.7 Å². The molecule has 17 heteroatoms. The van der Waals surface area contributed by atoms with Crippen LogP contribution in [0.25, 0.3) is 0 Å². The maximum Gasteiger partial charge on any atom is 0.334 e. The molecule has 0 aromatic heterocycles. The number of hydrogen-bond acceptors (Lipinski definition) is 13. The Morgan fingerprint density at radius 3 is 1.91 bits per heavy atom. The van der Waals surface area contributed by atoms with Crippen molar-refractivity contribution >= 4 is 87.4 Å². The van der Waals surface area contributed by atoms with E-state index in [1.54, 1.807) is 14.1 Å². The van der Waals surface area contributed by atoms with Crippen molar-refractivity contribution in [1.29, 1.82) is 10.8 Å². The van der Waals surface area contributed by atoms with E-state index >= 15 is 0 Å². The molecule has 0 heterocycles. The fraction of sp³-hybridized carbons (Fsp3) is 0.464. The van der Waals surface area contributed by atoms with Gasteiger partial charge in [-0.1, -0.05) is 35.7 Å². The average molecular weight is 683 g/mol. The molecule has 0 fully saturated rings. The molecule has 1 rings (SSSR count). The molecule has 0 spiro atoms. The fourth-order valence-corrected chi connectivity index (χ4v) is 5.65. The summed E-state index contributed by atoms with van der Waals surface area (Å²) in [7, 11) is 3.29. The van der Waals surface area contributed by atoms with E-state index in [1.165, 1.54) is 49.9 Å². The molecule has 0 saturated carbocycles. The lowest BCUT2D eigenvalue weighted by Gasteiger charge is -2.19. The van der Waals surface area contributed by atoms with Gasteiger partial charge in [0, 0.05) is 70.7 Å². The number of thiol groups is 1. The number of hydrogen-bond donors (Lipinski definition) is 6. The Morgan fingerprint density at radius 2 is 1.36 bits per heavy atom. The van der Waals surface area contributed by atoms with Gasteiger partial charge in [-0.3, -0.25) is 34.2 Å². The second-order valence-corrected chi connectivity index (χ2v) is 12.2. The van der Waals surface area contributed by atoms with Crippen LogP contribution in [0, 0.1) is 10.8 Å². The summed E-state index contributed by atoms with van der Waals surface area (Å²) >= 11 is 5.44. The zero-order valence-electron chi connectivity index (χ0n) is 25.6. The van der Waals surface area contributed by atoms with Crippen LogP contribution in [0.4, 0.5) is 0 Å². The predicted octanol–water partition coefficient (Wildman–Crippen LogP) is 1.08. The van der Waals surface area contributed by atoms with Crippen molar-refractivity contribution in [3.05, 3.63) is 29.8 Å². The first kappa shape index (κ1) is 39.3. The number of carbonyl (C=O) groups is 7. The number of ketones is 1. The molecule has 0 aliphatic carbocycles. The van der Waals surface area contributed by atoms with Crippen LogP contribution < -0.4 is 20.7 Å². The van der Waals surface area contributed by atoms with Crippen LogP contribution in [0.15, 0.2) is 24.3 Å². The van der Waals surface area contributed by atoms with Crippen LogP contribution in [0.1, 0.15) is 44.0 Å². The molecule has 0 bridgehead atoms. The van der Waals surface area contributed by atoms with Gasteiger partial charge in [0.1, 0.15) is 23.7 Å². The van der Waals surface area contributed by atoms with Crippen LogP contribution in [0.3, 0.4) is 0 Å². The monoisotopic (exact) mass is 682 g/mol. The largest absolute Gasteiger partial charge is 0.424 e. The lowest BCUT2D eigenvalue weighted by Crippen LogP contribution is -2.45. The molecule has 3 atom stereocenters. The van der Waals surface area contributed by atoms with E-state index < -0.39 is 57.8 Å². The van der Waals surface area contributed by atoms with Gasteiger partial charge in [-0.2, -0.15) is 12.6 Å². The quantitative estimate of drug-likeness (QED) is 0.0449. The molecule has 1 aromatic rings. The molecule has 3 amide bonds. The minimum absolute atomic E-state index is 0.0197. The van der Waals surface area contributed by atoms with Crippen molar-refractivity contribution in [2.75, 3.05) is 31.4 Å². The highest BCUT2D eigenvalue weighted by Crippen LogP contribution is 2.25. The third-order valence-corrected chi connectivity index (χ3v) is 8.09. The number of ether oxygens (including phenoxy) is 1. The molecule has 5 N–H and O–H groups in total. The Labute approximate surface area is 275 Å². The summed E-state index contributed by atoms with van der Waals surface area (Å²) in [6.07, 6.45) is -0.373. The van der Waals surface area contributed by atoms with E-state index in [2.05, 4.69) is 28.6 Å². The van der Waals surface area contributed by atoms with Crippen LogP contribution >= 0.6 is 36.2 Å². The first-order valence-corrected chi connectivity index (χ1v) is 16.1. The second kappa shape index (κ2) is 19.6. The number of thioether (sulfide) groups is 2. The molecule has 0 aliphatic rings. The van der Waals surface area contributed by atoms with Crippen molar-refractivity contribution in [1.82, 2.24) is 20.9 Å². The molecule has 0 aliphatic heterocycles. The SMILES string of the molecule is CC(=O)NC(CSC(=O)c1ccccc1OC(=O)C(CSC(=O)C(CS)NC(C)=O)NC(C)=O)C(=O)CC(=N)CC(=N)N(C)C. The number of rotatable bonds is 17. The van der Waals surface area contributed by atoms with Crippen molar-refractivity contribution in [3.63, 3.8) is 0 Å². The van der Waals surface area contributed by atoms with Crippen LogP contribution in [-0.4, -0.2) is 106 Å². The average Bonchev–Trinajstić information content (AvgIpc) is 2.95. The van der Waals surface area contributed by atoms with Crippen molar-refractivity contribution < 1.29 is 38.3 Å². The first-order chi connectivity index (χ1) is 21.0. The minimum atomic E-state index is -1.28. The van der Waals surface area contributed by atoms with Gasteiger partial charge in [-0.15, -0.1) is 0 Å². The highest BCUT2D eigenvalue weighted by Gasteiger charge is 2.28. The van der Waals surface area contributed by atoms with E-state index in [4.69, 9.17) is 15.6 Å². The van der Waals surface area contributed by atoms with Crippen LogP contribution in [0.2, 0.25) is 0 Å². The van der Waals surface area contributed by atoms with Gasteiger partial charge in [0.15, 0.2) is 5.78 Å². The van der Waals surface area contributed by atoms with Crippen LogP contribution in [-0.2, 0) is 28.8 Å². The number of nitrogens with one attached hydrogen (secondary N) is 5. The van der Waals surface area contributed by atoms with Gasteiger partial charge in [-0.05, 0) is 12.1 Å². The van der Waals surface area contributed by atoms with Gasteiger partial charge in [0.25, 0.3) is 0 Å². The third kappa shape index (κ3) is 14.8. The fourth-order valence-electron chi connectivity index (χ4n) is 3.46. The molecular formula is C28H38N6O8S3. The Morgan fingerprint density at radius 1 is 0.822 bits per heavy atom. The van der Waals surface area contributed by atoms with Gasteiger partial charge in [-0.25, -0.2) is 4.79 Å². The number of benzene rings is 1. The standard InChI is InChI=1S/C28H38N6O8S3/c1-15(35)31-20(12-43)28(41)45-14-22(33-17(3)37)26(39)42-24-9-7-6-8-19(24)27(40)44-13-21(32-16(2)36)23(38)10-18(29)11-25(30)34(4)5/h6-9,20-22,29-30,43H,10-14H2,1-5H3,(H,31,35)(H,32,36)(H,33,37). The molecule has 14 nitrogen and oxygen atoms in total.